The molecule has 0 radical (unpaired) electrons. The van der Waals surface area contributed by atoms with Gasteiger partial charge in [0.1, 0.15) is 17.4 Å². The first-order valence-electron chi connectivity index (χ1n) is 14.0. The van der Waals surface area contributed by atoms with Gasteiger partial charge < -0.3 is 4.74 Å². The van der Waals surface area contributed by atoms with Crippen molar-refractivity contribution in [1.29, 1.82) is 0 Å². The van der Waals surface area contributed by atoms with Gasteiger partial charge in [-0.3, -0.25) is 0 Å². The van der Waals surface area contributed by atoms with Crippen LogP contribution in [0.4, 0.5) is 8.78 Å². The minimum absolute atomic E-state index is 0.156. The second kappa shape index (κ2) is 13.9. The molecule has 2 unspecified atom stereocenters. The van der Waals surface area contributed by atoms with Gasteiger partial charge >= 0.3 is 0 Å². The third-order valence-electron chi connectivity index (χ3n) is 7.55. The zero-order chi connectivity index (χ0) is 27.7. The van der Waals surface area contributed by atoms with Crippen molar-refractivity contribution in [2.45, 2.75) is 63.9 Å². The SMILES string of the molecule is CCCCCC(CC)(Pc1ccc(F)cc1F)c1cc(Cc2ccccc2)cc(Cc2ccccc2)c1OC. The Balaban J connectivity index is 1.89. The standard InChI is InChI=1S/C35H39F2OP/c1-4-6-13-20-35(5-2,39-33-19-18-30(36)25-32(33)37)31-24-28(21-26-14-9-7-10-15-26)23-29(34(31)38-3)22-27-16-11-8-12-17-27/h7-12,14-19,23-25,39H,4-6,13,20-22H2,1-3H3. The lowest BCUT2D eigenvalue weighted by Gasteiger charge is -2.36. The monoisotopic (exact) mass is 544 g/mol. The first kappa shape index (κ1) is 29.0. The maximum atomic E-state index is 15.1. The summed E-state index contributed by atoms with van der Waals surface area (Å²) < 4.78 is 35.1. The minimum Gasteiger partial charge on any atom is -0.496 e. The van der Waals surface area contributed by atoms with Gasteiger partial charge in [0.25, 0.3) is 0 Å². The molecule has 0 aliphatic carbocycles. The zero-order valence-corrected chi connectivity index (χ0v) is 24.3. The van der Waals surface area contributed by atoms with Crippen LogP contribution in [0.2, 0.25) is 0 Å². The number of benzene rings is 4. The van der Waals surface area contributed by atoms with Crippen LogP contribution in [0, 0.1) is 11.6 Å². The van der Waals surface area contributed by atoms with Crippen LogP contribution < -0.4 is 10.0 Å². The van der Waals surface area contributed by atoms with Gasteiger partial charge in [0.15, 0.2) is 0 Å². The molecule has 0 N–H and O–H groups in total. The van der Waals surface area contributed by atoms with E-state index in [0.29, 0.717) is 5.30 Å². The molecule has 0 saturated carbocycles. The highest BCUT2D eigenvalue weighted by atomic mass is 31.1. The van der Waals surface area contributed by atoms with Crippen LogP contribution in [0.25, 0.3) is 0 Å². The summed E-state index contributed by atoms with van der Waals surface area (Å²) in [4.78, 5) is 0. The smallest absolute Gasteiger partial charge is 0.133 e. The summed E-state index contributed by atoms with van der Waals surface area (Å²) in [5, 5.41) is 0.256. The minimum atomic E-state index is -0.540. The average Bonchev–Trinajstić information content (AvgIpc) is 2.95. The van der Waals surface area contributed by atoms with Crippen molar-refractivity contribution in [3.8, 4) is 5.75 Å². The fourth-order valence-electron chi connectivity index (χ4n) is 5.48. The van der Waals surface area contributed by atoms with Crippen molar-refractivity contribution in [3.63, 3.8) is 0 Å². The van der Waals surface area contributed by atoms with Crippen LogP contribution in [0.1, 0.15) is 73.8 Å². The van der Waals surface area contributed by atoms with Crippen molar-refractivity contribution in [3.05, 3.63) is 130 Å². The number of ether oxygens (including phenoxy) is 1. The van der Waals surface area contributed by atoms with Gasteiger partial charge in [0.05, 0.1) is 7.11 Å². The highest BCUT2D eigenvalue weighted by molar-refractivity contribution is 7.48. The first-order valence-corrected chi connectivity index (χ1v) is 15.0. The van der Waals surface area contributed by atoms with E-state index in [1.165, 1.54) is 22.8 Å². The predicted octanol–water partition coefficient (Wildman–Crippen LogP) is 9.34. The molecule has 204 valence electrons. The third kappa shape index (κ3) is 7.34. The van der Waals surface area contributed by atoms with E-state index in [9.17, 15) is 4.39 Å². The molecule has 2 atom stereocenters. The lowest BCUT2D eigenvalue weighted by molar-refractivity contribution is 0.390. The topological polar surface area (TPSA) is 9.23 Å². The number of rotatable bonds is 13. The Hall–Kier alpha value is -3.03. The molecular formula is C35H39F2OP. The molecule has 0 spiro atoms. The molecule has 0 aliphatic heterocycles. The zero-order valence-electron chi connectivity index (χ0n) is 23.3. The molecule has 39 heavy (non-hydrogen) atoms. The highest BCUT2D eigenvalue weighted by Gasteiger charge is 2.35. The van der Waals surface area contributed by atoms with Gasteiger partial charge in [-0.05, 0) is 53.6 Å². The van der Waals surface area contributed by atoms with E-state index in [4.69, 9.17) is 4.74 Å². The summed E-state index contributed by atoms with van der Waals surface area (Å²) in [6, 6.07) is 29.5. The van der Waals surface area contributed by atoms with Crippen LogP contribution in [-0.2, 0) is 18.0 Å². The van der Waals surface area contributed by atoms with Crippen LogP contribution in [-0.4, -0.2) is 7.11 Å². The fraction of sp³-hybridized carbons (Fsp3) is 0.314. The normalized spacial score (nSPS) is 13.1. The Bertz CT molecular complexity index is 1340. The Kier molecular flexibility index (Phi) is 10.3. The number of hydrogen-bond acceptors (Lipinski definition) is 1. The van der Waals surface area contributed by atoms with Gasteiger partial charge in [-0.25, -0.2) is 8.78 Å². The van der Waals surface area contributed by atoms with Crippen LogP contribution in [0.5, 0.6) is 5.75 Å². The molecule has 0 amide bonds. The average molecular weight is 545 g/mol. The molecule has 0 heterocycles. The number of methoxy groups -OCH3 is 1. The van der Waals surface area contributed by atoms with Crippen molar-refractivity contribution in [2.75, 3.05) is 7.11 Å². The molecule has 0 aromatic heterocycles. The quantitative estimate of drug-likeness (QED) is 0.120. The molecule has 1 nitrogen and oxygen atoms in total. The Morgan fingerprint density at radius 2 is 1.41 bits per heavy atom. The number of halogens is 2. The van der Waals surface area contributed by atoms with E-state index in [-0.39, 0.29) is 13.7 Å². The fourth-order valence-corrected chi connectivity index (χ4v) is 7.15. The molecule has 4 aromatic carbocycles. The van der Waals surface area contributed by atoms with Crippen LogP contribution >= 0.6 is 8.58 Å². The van der Waals surface area contributed by atoms with Gasteiger partial charge in [-0.15, -0.1) is 0 Å². The summed E-state index contributed by atoms with van der Waals surface area (Å²) in [7, 11) is 1.90. The first-order chi connectivity index (χ1) is 19.0. The van der Waals surface area contributed by atoms with Crippen molar-refractivity contribution in [1.82, 2.24) is 0 Å². The molecule has 0 aliphatic rings. The largest absolute Gasteiger partial charge is 0.496 e. The van der Waals surface area contributed by atoms with E-state index < -0.39 is 11.6 Å². The Labute approximate surface area is 234 Å². The van der Waals surface area contributed by atoms with E-state index in [0.717, 1.165) is 67.9 Å². The van der Waals surface area contributed by atoms with Gasteiger partial charge in [-0.1, -0.05) is 114 Å². The molecule has 0 saturated heterocycles. The number of unbranched alkanes of at least 4 members (excludes halogenated alkanes) is 2. The van der Waals surface area contributed by atoms with E-state index in [1.807, 2.05) is 12.1 Å². The lowest BCUT2D eigenvalue weighted by Crippen LogP contribution is -2.25. The summed E-state index contributed by atoms with van der Waals surface area (Å²) in [6.45, 7) is 4.40. The van der Waals surface area contributed by atoms with Crippen LogP contribution in [0.15, 0.2) is 91.0 Å². The van der Waals surface area contributed by atoms with Gasteiger partial charge in [0, 0.05) is 28.5 Å². The molecule has 0 fully saturated rings. The molecule has 4 rings (SSSR count). The third-order valence-corrected chi connectivity index (χ3v) is 9.58. The highest BCUT2D eigenvalue weighted by Crippen LogP contribution is 2.52. The van der Waals surface area contributed by atoms with Crippen molar-refractivity contribution >= 4 is 13.9 Å². The van der Waals surface area contributed by atoms with E-state index in [1.54, 1.807) is 13.2 Å². The van der Waals surface area contributed by atoms with Gasteiger partial charge in [-0.2, -0.15) is 0 Å². The Morgan fingerprint density at radius 3 is 2.00 bits per heavy atom. The summed E-state index contributed by atoms with van der Waals surface area (Å²) in [6.07, 6.45) is 6.58. The number of hydrogen-bond donors (Lipinski definition) is 0. The Morgan fingerprint density at radius 1 is 0.744 bits per heavy atom. The second-order valence-electron chi connectivity index (χ2n) is 10.3. The lowest BCUT2D eigenvalue weighted by atomic mass is 9.84. The summed E-state index contributed by atoms with van der Waals surface area (Å²) in [5.74, 6) is -0.115. The molecule has 4 heteroatoms. The van der Waals surface area contributed by atoms with Gasteiger partial charge in [0.2, 0.25) is 0 Å². The van der Waals surface area contributed by atoms with Crippen LogP contribution in [0.3, 0.4) is 0 Å². The van der Waals surface area contributed by atoms with E-state index in [2.05, 4.69) is 74.5 Å². The molecule has 4 aromatic rings. The predicted molar refractivity (Wildman–Crippen MR) is 162 cm³/mol. The molecular weight excluding hydrogens is 505 g/mol. The maximum Gasteiger partial charge on any atom is 0.133 e. The van der Waals surface area contributed by atoms with Crippen molar-refractivity contribution < 1.29 is 13.5 Å². The maximum absolute atomic E-state index is 15.1. The second-order valence-corrected chi connectivity index (χ2v) is 12.0. The van der Waals surface area contributed by atoms with Crippen molar-refractivity contribution in [2.24, 2.45) is 0 Å². The summed E-state index contributed by atoms with van der Waals surface area (Å²) in [5.41, 5.74) is 5.98. The molecule has 0 bridgehead atoms. The van der Waals surface area contributed by atoms with E-state index >= 15 is 4.39 Å². The summed E-state index contributed by atoms with van der Waals surface area (Å²) >= 11 is 0.